The number of rotatable bonds is 9. The number of anilines is 1. The van der Waals surface area contributed by atoms with E-state index in [4.69, 9.17) is 4.74 Å². The average molecular weight is 449 g/mol. The molecule has 11 heteroatoms. The number of nitro groups is 1. The number of nitrogens with zero attached hydrogens (tertiary/aromatic N) is 1. The molecular formula is C21H21F2N3O6. The second-order valence-corrected chi connectivity index (χ2v) is 6.73. The molecule has 0 aromatic heterocycles. The first-order valence-corrected chi connectivity index (χ1v) is 9.32. The van der Waals surface area contributed by atoms with Crippen molar-refractivity contribution in [1.82, 2.24) is 5.32 Å². The highest BCUT2D eigenvalue weighted by atomic mass is 19.3. The number of amides is 2. The number of methoxy groups -OCH3 is 1. The van der Waals surface area contributed by atoms with E-state index in [-0.39, 0.29) is 28.9 Å². The lowest BCUT2D eigenvalue weighted by atomic mass is 10.1. The summed E-state index contributed by atoms with van der Waals surface area (Å²) in [6.07, 6.45) is 2.28. The van der Waals surface area contributed by atoms with Gasteiger partial charge < -0.3 is 20.1 Å². The number of ether oxygens (including phenoxy) is 2. The van der Waals surface area contributed by atoms with Gasteiger partial charge in [0.1, 0.15) is 0 Å². The molecule has 0 saturated heterocycles. The molecule has 0 atom stereocenters. The number of hydrogen-bond acceptors (Lipinski definition) is 6. The van der Waals surface area contributed by atoms with Gasteiger partial charge in [0.05, 0.1) is 23.7 Å². The van der Waals surface area contributed by atoms with Gasteiger partial charge in [-0.05, 0) is 56.3 Å². The van der Waals surface area contributed by atoms with E-state index in [0.717, 1.165) is 18.2 Å². The number of carbonyl (C=O) groups excluding carboxylic acids is 2. The van der Waals surface area contributed by atoms with Crippen molar-refractivity contribution in [2.75, 3.05) is 12.4 Å². The van der Waals surface area contributed by atoms with Gasteiger partial charge in [-0.2, -0.15) is 8.78 Å². The van der Waals surface area contributed by atoms with Crippen molar-refractivity contribution in [1.29, 1.82) is 0 Å². The van der Waals surface area contributed by atoms with Crippen LogP contribution < -0.4 is 20.1 Å². The molecule has 2 amide bonds. The predicted octanol–water partition coefficient (Wildman–Crippen LogP) is 4.63. The van der Waals surface area contributed by atoms with Crippen LogP contribution in [0.3, 0.4) is 0 Å². The Labute approximate surface area is 182 Å². The molecule has 32 heavy (non-hydrogen) atoms. The van der Waals surface area contributed by atoms with Crippen molar-refractivity contribution in [2.24, 2.45) is 0 Å². The largest absolute Gasteiger partial charge is 0.493 e. The lowest BCUT2D eigenvalue weighted by Gasteiger charge is -2.11. The number of alkyl halides is 2. The monoisotopic (exact) mass is 449 g/mol. The van der Waals surface area contributed by atoms with Crippen LogP contribution in [0.4, 0.5) is 25.0 Å². The number of ketones is 1. The Balaban J connectivity index is 2.22. The van der Waals surface area contributed by atoms with Gasteiger partial charge in [0, 0.05) is 17.3 Å². The normalized spacial score (nSPS) is 11.0. The second-order valence-electron chi connectivity index (χ2n) is 6.73. The molecule has 2 N–H and O–H groups in total. The van der Waals surface area contributed by atoms with E-state index in [2.05, 4.69) is 15.4 Å². The summed E-state index contributed by atoms with van der Waals surface area (Å²) in [7, 11) is 1.19. The summed E-state index contributed by atoms with van der Waals surface area (Å²) < 4.78 is 34.3. The van der Waals surface area contributed by atoms with Crippen LogP contribution in [0.25, 0.3) is 6.08 Å². The molecule has 0 unspecified atom stereocenters. The van der Waals surface area contributed by atoms with Crippen molar-refractivity contribution >= 4 is 29.3 Å². The Morgan fingerprint density at radius 3 is 2.31 bits per heavy atom. The van der Waals surface area contributed by atoms with Gasteiger partial charge in [0.2, 0.25) is 0 Å². The lowest BCUT2D eigenvalue weighted by Crippen LogP contribution is -2.34. The number of benzene rings is 2. The third-order valence-corrected chi connectivity index (χ3v) is 3.99. The SMILES string of the molecule is COc1cc(C=CC(=O)c2ccc(NC(=O)NC(C)C)cc2)c([N+](=O)[O-])cc1OC(F)F. The molecule has 2 rings (SSSR count). The van der Waals surface area contributed by atoms with E-state index in [1.807, 2.05) is 13.8 Å². The zero-order valence-electron chi connectivity index (χ0n) is 17.4. The van der Waals surface area contributed by atoms with Gasteiger partial charge in [0.15, 0.2) is 17.3 Å². The number of halogens is 2. The van der Waals surface area contributed by atoms with Crippen molar-refractivity contribution in [2.45, 2.75) is 26.5 Å². The molecule has 0 aliphatic rings. The Hall–Kier alpha value is -4.02. The summed E-state index contributed by atoms with van der Waals surface area (Å²) >= 11 is 0. The zero-order valence-corrected chi connectivity index (χ0v) is 17.4. The van der Waals surface area contributed by atoms with Gasteiger partial charge in [0.25, 0.3) is 5.69 Å². The molecule has 2 aromatic rings. The highest BCUT2D eigenvalue weighted by Crippen LogP contribution is 2.36. The molecule has 0 bridgehead atoms. The van der Waals surface area contributed by atoms with Crippen LogP contribution >= 0.6 is 0 Å². The fourth-order valence-electron chi connectivity index (χ4n) is 2.61. The van der Waals surface area contributed by atoms with E-state index in [1.54, 1.807) is 0 Å². The van der Waals surface area contributed by atoms with Gasteiger partial charge >= 0.3 is 12.6 Å². The van der Waals surface area contributed by atoms with E-state index < -0.39 is 28.8 Å². The fraction of sp³-hybridized carbons (Fsp3) is 0.238. The highest BCUT2D eigenvalue weighted by molar-refractivity contribution is 6.07. The minimum absolute atomic E-state index is 0.0366. The summed E-state index contributed by atoms with van der Waals surface area (Å²) in [5.74, 6) is -1.12. The minimum Gasteiger partial charge on any atom is -0.493 e. The van der Waals surface area contributed by atoms with Gasteiger partial charge in [-0.3, -0.25) is 14.9 Å². The van der Waals surface area contributed by atoms with Crippen LogP contribution in [0, 0.1) is 10.1 Å². The maximum atomic E-state index is 12.5. The van der Waals surface area contributed by atoms with E-state index in [9.17, 15) is 28.5 Å². The molecule has 0 saturated carbocycles. The quantitative estimate of drug-likeness (QED) is 0.249. The van der Waals surface area contributed by atoms with Crippen molar-refractivity contribution in [3.8, 4) is 11.5 Å². The first-order valence-electron chi connectivity index (χ1n) is 9.32. The first kappa shape index (κ1) is 24.3. The molecule has 0 radical (unpaired) electrons. The molecule has 2 aromatic carbocycles. The van der Waals surface area contributed by atoms with Crippen LogP contribution in [-0.4, -0.2) is 36.5 Å². The molecule has 0 fully saturated rings. The number of nitro benzene ring substituents is 1. The van der Waals surface area contributed by atoms with Gasteiger partial charge in [-0.15, -0.1) is 0 Å². The molecule has 0 spiro atoms. The third kappa shape index (κ3) is 6.76. The molecule has 0 heterocycles. The van der Waals surface area contributed by atoms with Crippen LogP contribution in [0.1, 0.15) is 29.8 Å². The predicted molar refractivity (Wildman–Crippen MR) is 113 cm³/mol. The Morgan fingerprint density at radius 1 is 1.12 bits per heavy atom. The van der Waals surface area contributed by atoms with Crippen LogP contribution in [0.5, 0.6) is 11.5 Å². The lowest BCUT2D eigenvalue weighted by molar-refractivity contribution is -0.385. The standard InChI is InChI=1S/C21H21F2N3O6/c1-12(2)24-21(28)25-15-7-4-13(5-8-15)17(27)9-6-14-10-18(31-3)19(32-20(22)23)11-16(14)26(29)30/h4-12,20H,1-3H3,(H2,24,25,28). The summed E-state index contributed by atoms with van der Waals surface area (Å²) in [5.41, 5.74) is 0.161. The third-order valence-electron chi connectivity index (χ3n) is 3.99. The summed E-state index contributed by atoms with van der Waals surface area (Å²) in [6.45, 7) is 0.431. The molecule has 170 valence electrons. The van der Waals surface area contributed by atoms with E-state index >= 15 is 0 Å². The zero-order chi connectivity index (χ0) is 23.8. The van der Waals surface area contributed by atoms with Crippen LogP contribution in [0.15, 0.2) is 42.5 Å². The summed E-state index contributed by atoms with van der Waals surface area (Å²) in [5, 5.41) is 16.6. The summed E-state index contributed by atoms with van der Waals surface area (Å²) in [4.78, 5) is 34.7. The first-order chi connectivity index (χ1) is 15.1. The number of allylic oxidation sites excluding steroid dienone is 1. The molecular weight excluding hydrogens is 428 g/mol. The average Bonchev–Trinajstić information content (AvgIpc) is 2.71. The van der Waals surface area contributed by atoms with Crippen molar-refractivity contribution in [3.63, 3.8) is 0 Å². The Kier molecular flexibility index (Phi) is 8.22. The highest BCUT2D eigenvalue weighted by Gasteiger charge is 2.20. The smallest absolute Gasteiger partial charge is 0.387 e. The van der Waals surface area contributed by atoms with Crippen molar-refractivity contribution < 1.29 is 32.8 Å². The number of carbonyl (C=O) groups is 2. The number of hydrogen-bond donors (Lipinski definition) is 2. The molecule has 0 aliphatic carbocycles. The van der Waals surface area contributed by atoms with E-state index in [0.29, 0.717) is 5.69 Å². The number of urea groups is 1. The number of nitrogens with one attached hydrogen (secondary N) is 2. The van der Waals surface area contributed by atoms with E-state index in [1.165, 1.54) is 37.5 Å². The summed E-state index contributed by atoms with van der Waals surface area (Å²) in [6, 6.07) is 7.52. The Morgan fingerprint density at radius 2 is 1.78 bits per heavy atom. The van der Waals surface area contributed by atoms with Crippen molar-refractivity contribution in [3.05, 3.63) is 63.7 Å². The second kappa shape index (κ2) is 10.8. The van der Waals surface area contributed by atoms with Crippen LogP contribution in [-0.2, 0) is 0 Å². The molecule has 9 nitrogen and oxygen atoms in total. The van der Waals surface area contributed by atoms with Crippen LogP contribution in [0.2, 0.25) is 0 Å². The minimum atomic E-state index is -3.19. The van der Waals surface area contributed by atoms with Gasteiger partial charge in [-0.25, -0.2) is 4.79 Å². The fourth-order valence-corrected chi connectivity index (χ4v) is 2.61. The maximum Gasteiger partial charge on any atom is 0.387 e. The Bertz CT molecular complexity index is 1020. The topological polar surface area (TPSA) is 120 Å². The molecule has 0 aliphatic heterocycles. The maximum absolute atomic E-state index is 12.5. The van der Waals surface area contributed by atoms with Gasteiger partial charge in [-0.1, -0.05) is 0 Å².